The second-order valence-electron chi connectivity index (χ2n) is 7.53. The topological polar surface area (TPSA) is 79.4 Å². The molecule has 0 saturated carbocycles. The number of benzene rings is 2. The molecule has 0 fully saturated rings. The van der Waals surface area contributed by atoms with Gasteiger partial charge in [-0.05, 0) is 63.6 Å². The Balaban J connectivity index is 1.53. The number of thioether (sulfide) groups is 1. The minimum absolute atomic E-state index is 0.0418. The highest BCUT2D eigenvalue weighted by Crippen LogP contribution is 2.28. The third-order valence-corrected chi connectivity index (χ3v) is 6.66. The molecule has 2 N–H and O–H groups in total. The van der Waals surface area contributed by atoms with E-state index >= 15 is 0 Å². The lowest BCUT2D eigenvalue weighted by Gasteiger charge is -2.27. The molecular formula is C24H31N5O2S2. The van der Waals surface area contributed by atoms with Gasteiger partial charge >= 0.3 is 0 Å². The van der Waals surface area contributed by atoms with Crippen LogP contribution in [0, 0.1) is 0 Å². The molecule has 3 aromatic rings. The Hall–Kier alpha value is -2.62. The van der Waals surface area contributed by atoms with Gasteiger partial charge in [0.25, 0.3) is 0 Å². The fourth-order valence-corrected chi connectivity index (χ4v) is 4.81. The van der Waals surface area contributed by atoms with Gasteiger partial charge in [0.2, 0.25) is 11.0 Å². The number of ether oxygens (including phenoxy) is 1. The molecule has 0 aliphatic rings. The number of amides is 1. The Bertz CT molecular complexity index is 980. The van der Waals surface area contributed by atoms with Gasteiger partial charge in [-0.25, -0.2) is 0 Å². The number of rotatable bonds is 13. The Morgan fingerprint density at radius 2 is 1.82 bits per heavy atom. The van der Waals surface area contributed by atoms with E-state index in [-0.39, 0.29) is 11.9 Å². The van der Waals surface area contributed by atoms with Crippen molar-refractivity contribution in [1.29, 1.82) is 0 Å². The van der Waals surface area contributed by atoms with Crippen molar-refractivity contribution in [2.75, 3.05) is 41.0 Å². The number of anilines is 4. The van der Waals surface area contributed by atoms with Crippen molar-refractivity contribution in [2.24, 2.45) is 0 Å². The maximum atomic E-state index is 13.0. The van der Waals surface area contributed by atoms with Crippen molar-refractivity contribution in [2.45, 2.75) is 37.6 Å². The molecule has 0 saturated heterocycles. The van der Waals surface area contributed by atoms with Gasteiger partial charge in [0.05, 0.1) is 5.75 Å². The molecule has 9 heteroatoms. The van der Waals surface area contributed by atoms with E-state index in [0.717, 1.165) is 52.7 Å². The minimum atomic E-state index is 0.0418. The van der Waals surface area contributed by atoms with E-state index in [9.17, 15) is 4.79 Å². The number of carbonyl (C=O) groups is 1. The first-order chi connectivity index (χ1) is 16.1. The number of hydrogen-bond donors (Lipinski definition) is 2. The van der Waals surface area contributed by atoms with E-state index in [0.29, 0.717) is 5.75 Å². The van der Waals surface area contributed by atoms with Crippen LogP contribution in [0.15, 0.2) is 58.9 Å². The zero-order valence-electron chi connectivity index (χ0n) is 19.3. The quantitative estimate of drug-likeness (QED) is 0.239. The normalized spacial score (nSPS) is 10.9. The first-order valence-electron chi connectivity index (χ1n) is 11.1. The van der Waals surface area contributed by atoms with Gasteiger partial charge in [-0.15, -0.1) is 10.2 Å². The number of carbonyl (C=O) groups excluding carboxylic acids is 1. The van der Waals surface area contributed by atoms with E-state index in [1.54, 1.807) is 0 Å². The zero-order chi connectivity index (χ0) is 23.5. The first kappa shape index (κ1) is 25.0. The molecule has 3 rings (SSSR count). The van der Waals surface area contributed by atoms with Crippen LogP contribution in [0.2, 0.25) is 0 Å². The van der Waals surface area contributed by atoms with Crippen LogP contribution in [0.3, 0.4) is 0 Å². The average Bonchev–Trinajstić information content (AvgIpc) is 3.27. The van der Waals surface area contributed by atoms with Crippen molar-refractivity contribution >= 4 is 51.2 Å². The highest BCUT2D eigenvalue weighted by atomic mass is 32.2. The van der Waals surface area contributed by atoms with Crippen molar-refractivity contribution in [1.82, 2.24) is 10.2 Å². The van der Waals surface area contributed by atoms with E-state index < -0.39 is 0 Å². The van der Waals surface area contributed by atoms with Crippen LogP contribution in [-0.4, -0.2) is 47.7 Å². The molecule has 176 valence electrons. The summed E-state index contributed by atoms with van der Waals surface area (Å²) < 4.78 is 6.11. The summed E-state index contributed by atoms with van der Waals surface area (Å²) in [7, 11) is 0. The Kier molecular flexibility index (Phi) is 9.99. The maximum Gasteiger partial charge on any atom is 0.237 e. The lowest BCUT2D eigenvalue weighted by atomic mass is 10.2. The van der Waals surface area contributed by atoms with Crippen molar-refractivity contribution in [3.63, 3.8) is 0 Å². The molecule has 0 bridgehead atoms. The van der Waals surface area contributed by atoms with Crippen molar-refractivity contribution in [3.8, 4) is 0 Å². The lowest BCUT2D eigenvalue weighted by molar-refractivity contribution is -0.116. The van der Waals surface area contributed by atoms with Gasteiger partial charge in [-0.3, -0.25) is 4.79 Å². The summed E-state index contributed by atoms with van der Waals surface area (Å²) in [6.07, 6.45) is 0.914. The molecule has 0 spiro atoms. The molecular weight excluding hydrogens is 454 g/mol. The van der Waals surface area contributed by atoms with E-state index in [1.807, 2.05) is 80.3 Å². The highest BCUT2D eigenvalue weighted by Gasteiger charge is 2.20. The Morgan fingerprint density at radius 3 is 2.52 bits per heavy atom. The van der Waals surface area contributed by atoms with Crippen molar-refractivity contribution < 1.29 is 9.53 Å². The predicted octanol–water partition coefficient (Wildman–Crippen LogP) is 5.65. The molecule has 2 aromatic carbocycles. The lowest BCUT2D eigenvalue weighted by Crippen LogP contribution is -2.38. The third-order valence-electron chi connectivity index (χ3n) is 4.66. The summed E-state index contributed by atoms with van der Waals surface area (Å²) >= 11 is 2.89. The zero-order valence-corrected chi connectivity index (χ0v) is 20.9. The van der Waals surface area contributed by atoms with Gasteiger partial charge in [0.15, 0.2) is 4.34 Å². The molecule has 1 heterocycles. The summed E-state index contributed by atoms with van der Waals surface area (Å²) in [4.78, 5) is 14.9. The van der Waals surface area contributed by atoms with E-state index in [1.165, 1.54) is 23.1 Å². The summed E-state index contributed by atoms with van der Waals surface area (Å²) in [5, 5.41) is 15.7. The van der Waals surface area contributed by atoms with Gasteiger partial charge in [-0.1, -0.05) is 41.3 Å². The molecule has 0 radical (unpaired) electrons. The second-order valence-corrected chi connectivity index (χ2v) is 9.73. The van der Waals surface area contributed by atoms with Crippen LogP contribution in [0.4, 0.5) is 22.2 Å². The fraction of sp³-hybridized carbons (Fsp3) is 0.375. The molecule has 0 unspecified atom stereocenters. The number of nitrogens with one attached hydrogen (secondary N) is 2. The van der Waals surface area contributed by atoms with Crippen LogP contribution in [0.5, 0.6) is 0 Å². The predicted molar refractivity (Wildman–Crippen MR) is 139 cm³/mol. The molecule has 0 aliphatic heterocycles. The molecule has 0 aliphatic carbocycles. The van der Waals surface area contributed by atoms with Crippen LogP contribution >= 0.6 is 23.1 Å². The largest absolute Gasteiger partial charge is 0.382 e. The number of para-hydroxylation sites is 1. The molecule has 1 aromatic heterocycles. The smallest absolute Gasteiger partial charge is 0.237 e. The summed E-state index contributed by atoms with van der Waals surface area (Å²) in [5.74, 6) is 0.349. The van der Waals surface area contributed by atoms with Crippen LogP contribution in [0.1, 0.15) is 27.2 Å². The SMILES string of the molecule is CCOCCCNc1nnc(SCC(=O)N(c2ccc(Nc3ccccc3)cc2)C(C)C)s1. The van der Waals surface area contributed by atoms with E-state index in [2.05, 4.69) is 20.8 Å². The number of hydrogen-bond acceptors (Lipinski definition) is 8. The van der Waals surface area contributed by atoms with Crippen LogP contribution in [0.25, 0.3) is 0 Å². The minimum Gasteiger partial charge on any atom is -0.382 e. The average molecular weight is 486 g/mol. The molecule has 7 nitrogen and oxygen atoms in total. The second kappa shape index (κ2) is 13.2. The van der Waals surface area contributed by atoms with Gasteiger partial charge in [0, 0.05) is 42.9 Å². The summed E-state index contributed by atoms with van der Waals surface area (Å²) in [5.41, 5.74) is 2.88. The van der Waals surface area contributed by atoms with Gasteiger partial charge in [-0.2, -0.15) is 0 Å². The maximum absolute atomic E-state index is 13.0. The summed E-state index contributed by atoms with van der Waals surface area (Å²) in [6.45, 7) is 8.28. The Labute approximate surface area is 204 Å². The van der Waals surface area contributed by atoms with Crippen molar-refractivity contribution in [3.05, 3.63) is 54.6 Å². The molecule has 33 heavy (non-hydrogen) atoms. The van der Waals surface area contributed by atoms with Crippen LogP contribution in [-0.2, 0) is 9.53 Å². The Morgan fingerprint density at radius 1 is 1.09 bits per heavy atom. The first-order valence-corrected chi connectivity index (χ1v) is 12.9. The monoisotopic (exact) mass is 485 g/mol. The molecule has 0 atom stereocenters. The summed E-state index contributed by atoms with van der Waals surface area (Å²) in [6, 6.07) is 18.0. The molecule has 1 amide bonds. The van der Waals surface area contributed by atoms with E-state index in [4.69, 9.17) is 4.74 Å². The standard InChI is InChI=1S/C24H31N5O2S2/c1-4-31-16-8-15-25-23-27-28-24(33-23)32-17-22(30)29(18(2)3)21-13-11-20(12-14-21)26-19-9-6-5-7-10-19/h5-7,9-14,18,26H,4,8,15-17H2,1-3H3,(H,25,27). The highest BCUT2D eigenvalue weighted by molar-refractivity contribution is 8.01. The fourth-order valence-electron chi connectivity index (χ4n) is 3.17. The number of nitrogens with zero attached hydrogens (tertiary/aromatic N) is 3. The van der Waals surface area contributed by atoms with Gasteiger partial charge in [0.1, 0.15) is 0 Å². The van der Waals surface area contributed by atoms with Gasteiger partial charge < -0.3 is 20.3 Å². The van der Waals surface area contributed by atoms with Crippen LogP contribution < -0.4 is 15.5 Å². The third kappa shape index (κ3) is 8.03. The number of aromatic nitrogens is 2.